The van der Waals surface area contributed by atoms with Crippen molar-refractivity contribution in [3.05, 3.63) is 71.5 Å². The van der Waals surface area contributed by atoms with E-state index in [1.54, 1.807) is 12.1 Å². The first-order chi connectivity index (χ1) is 11.0. The summed E-state index contributed by atoms with van der Waals surface area (Å²) in [4.78, 5) is 23.3. The minimum Gasteiger partial charge on any atom is -0.443 e. The van der Waals surface area contributed by atoms with Crippen LogP contribution in [0.15, 0.2) is 54.6 Å². The third-order valence-electron chi connectivity index (χ3n) is 3.09. The van der Waals surface area contributed by atoms with Crippen LogP contribution in [0.5, 0.6) is 0 Å². The molecule has 2 aromatic rings. The number of rotatable bonds is 5. The standard InChI is InChI=1S/C17H16FN2O3/c18-14-8-6-12(7-9-14)10-15(19)16(21)20-17(22)23-11-13-4-2-1-3-5-13/h1-9,15H,10-11,19H2/t15-/m0/s1. The summed E-state index contributed by atoms with van der Waals surface area (Å²) in [7, 11) is 0. The van der Waals surface area contributed by atoms with Gasteiger partial charge in [-0.15, -0.1) is 5.32 Å². The van der Waals surface area contributed by atoms with Gasteiger partial charge in [0.15, 0.2) is 0 Å². The zero-order chi connectivity index (χ0) is 16.7. The fourth-order valence-corrected chi connectivity index (χ4v) is 1.89. The molecule has 0 aromatic heterocycles. The van der Waals surface area contributed by atoms with Crippen LogP contribution in [0.25, 0.3) is 0 Å². The van der Waals surface area contributed by atoms with Crippen molar-refractivity contribution in [3.63, 3.8) is 0 Å². The molecular formula is C17H16FN2O3. The number of halogens is 1. The Hall–Kier alpha value is -2.73. The molecule has 23 heavy (non-hydrogen) atoms. The average molecular weight is 315 g/mol. The van der Waals surface area contributed by atoms with E-state index in [-0.39, 0.29) is 18.8 Å². The van der Waals surface area contributed by atoms with E-state index in [0.717, 1.165) is 5.56 Å². The zero-order valence-corrected chi connectivity index (χ0v) is 12.3. The third-order valence-corrected chi connectivity index (χ3v) is 3.09. The number of nitrogens with zero attached hydrogens (tertiary/aromatic N) is 1. The minimum absolute atomic E-state index is 0.0314. The molecule has 0 bridgehead atoms. The monoisotopic (exact) mass is 315 g/mol. The van der Waals surface area contributed by atoms with Crippen LogP contribution in [-0.2, 0) is 22.6 Å². The molecule has 0 fully saturated rings. The summed E-state index contributed by atoms with van der Waals surface area (Å²) in [6.45, 7) is 0.0314. The van der Waals surface area contributed by atoms with Gasteiger partial charge in [-0.1, -0.05) is 42.5 Å². The molecule has 2 N–H and O–H groups in total. The number of carbonyl (C=O) groups excluding carboxylic acids is 2. The molecule has 1 radical (unpaired) electrons. The molecule has 0 aliphatic rings. The first-order valence-corrected chi connectivity index (χ1v) is 7.01. The molecule has 5 nitrogen and oxygen atoms in total. The number of hydrogen-bond donors (Lipinski definition) is 1. The number of imide groups is 1. The molecule has 0 aliphatic carbocycles. The number of amides is 2. The lowest BCUT2D eigenvalue weighted by molar-refractivity contribution is -0.122. The predicted octanol–water partition coefficient (Wildman–Crippen LogP) is 2.16. The van der Waals surface area contributed by atoms with Crippen molar-refractivity contribution in [3.8, 4) is 0 Å². The van der Waals surface area contributed by atoms with Gasteiger partial charge in [-0.05, 0) is 29.7 Å². The van der Waals surface area contributed by atoms with Gasteiger partial charge in [0.25, 0.3) is 5.91 Å². The van der Waals surface area contributed by atoms with E-state index in [1.165, 1.54) is 24.3 Å². The summed E-state index contributed by atoms with van der Waals surface area (Å²) >= 11 is 0. The second-order valence-corrected chi connectivity index (χ2v) is 4.93. The summed E-state index contributed by atoms with van der Waals surface area (Å²) in [5.74, 6) is -1.14. The highest BCUT2D eigenvalue weighted by atomic mass is 19.1. The molecule has 0 saturated carbocycles. The van der Waals surface area contributed by atoms with Crippen molar-refractivity contribution in [1.29, 1.82) is 0 Å². The average Bonchev–Trinajstić information content (AvgIpc) is 2.56. The number of hydrogen-bond acceptors (Lipinski definition) is 4. The van der Waals surface area contributed by atoms with Crippen molar-refractivity contribution >= 4 is 12.0 Å². The Bertz CT molecular complexity index is 659. The molecule has 0 saturated heterocycles. The molecule has 2 amide bonds. The lowest BCUT2D eigenvalue weighted by atomic mass is 10.1. The van der Waals surface area contributed by atoms with Crippen molar-refractivity contribution in [2.45, 2.75) is 19.1 Å². The van der Waals surface area contributed by atoms with Crippen LogP contribution in [-0.4, -0.2) is 18.0 Å². The molecule has 2 aromatic carbocycles. The van der Waals surface area contributed by atoms with Crippen LogP contribution in [0.1, 0.15) is 11.1 Å². The second-order valence-electron chi connectivity index (χ2n) is 4.93. The van der Waals surface area contributed by atoms with Gasteiger partial charge >= 0.3 is 6.09 Å². The Balaban J connectivity index is 1.78. The lowest BCUT2D eigenvalue weighted by Gasteiger charge is -2.10. The summed E-state index contributed by atoms with van der Waals surface area (Å²) < 4.78 is 17.7. The first kappa shape index (κ1) is 16.6. The van der Waals surface area contributed by atoms with E-state index >= 15 is 0 Å². The van der Waals surface area contributed by atoms with Crippen molar-refractivity contribution in [1.82, 2.24) is 5.32 Å². The number of nitrogens with two attached hydrogens (primary N) is 1. The number of ether oxygens (including phenoxy) is 1. The highest BCUT2D eigenvalue weighted by Gasteiger charge is 2.20. The normalized spacial score (nSPS) is 11.6. The fraction of sp³-hybridized carbons (Fsp3) is 0.176. The van der Waals surface area contributed by atoms with Crippen LogP contribution in [0.3, 0.4) is 0 Å². The van der Waals surface area contributed by atoms with Crippen molar-refractivity contribution in [2.75, 3.05) is 0 Å². The van der Waals surface area contributed by atoms with Crippen LogP contribution in [0.2, 0.25) is 0 Å². The van der Waals surface area contributed by atoms with E-state index in [4.69, 9.17) is 10.5 Å². The van der Waals surface area contributed by atoms with Crippen molar-refractivity contribution < 1.29 is 18.7 Å². The summed E-state index contributed by atoms with van der Waals surface area (Å²) in [6.07, 6.45) is -0.817. The van der Waals surface area contributed by atoms with E-state index in [9.17, 15) is 14.0 Å². The zero-order valence-electron chi connectivity index (χ0n) is 12.3. The van der Waals surface area contributed by atoms with E-state index in [0.29, 0.717) is 5.56 Å². The molecule has 0 spiro atoms. The Morgan fingerprint density at radius 3 is 2.35 bits per heavy atom. The molecule has 6 heteroatoms. The maximum absolute atomic E-state index is 12.8. The molecule has 0 heterocycles. The van der Waals surface area contributed by atoms with Crippen LogP contribution >= 0.6 is 0 Å². The van der Waals surface area contributed by atoms with E-state index in [1.807, 2.05) is 18.2 Å². The van der Waals surface area contributed by atoms with Gasteiger partial charge in [0.1, 0.15) is 12.4 Å². The maximum atomic E-state index is 12.8. The number of carbonyl (C=O) groups is 2. The van der Waals surface area contributed by atoms with Crippen LogP contribution in [0, 0.1) is 5.82 Å². The summed E-state index contributed by atoms with van der Waals surface area (Å²) in [6, 6.07) is 13.7. The fourth-order valence-electron chi connectivity index (χ4n) is 1.89. The molecule has 119 valence electrons. The van der Waals surface area contributed by atoms with Gasteiger partial charge < -0.3 is 10.5 Å². The van der Waals surface area contributed by atoms with Gasteiger partial charge in [0.2, 0.25) is 0 Å². The highest BCUT2D eigenvalue weighted by molar-refractivity contribution is 5.94. The molecule has 2 rings (SSSR count). The quantitative estimate of drug-likeness (QED) is 0.916. The minimum atomic E-state index is -0.982. The summed E-state index contributed by atoms with van der Waals surface area (Å²) in [5, 5.41) is 3.31. The van der Waals surface area contributed by atoms with Gasteiger partial charge in [-0.3, -0.25) is 4.79 Å². The van der Waals surface area contributed by atoms with Gasteiger partial charge in [-0.2, -0.15) is 0 Å². The highest BCUT2D eigenvalue weighted by Crippen LogP contribution is 2.06. The Labute approximate surface area is 133 Å². The Morgan fingerprint density at radius 2 is 1.70 bits per heavy atom. The smallest absolute Gasteiger partial charge is 0.437 e. The molecular weight excluding hydrogens is 299 g/mol. The van der Waals surface area contributed by atoms with Gasteiger partial charge in [0, 0.05) is 0 Å². The molecule has 0 unspecified atom stereocenters. The second kappa shape index (κ2) is 8.05. The largest absolute Gasteiger partial charge is 0.443 e. The molecule has 1 atom stereocenters. The Morgan fingerprint density at radius 1 is 1.04 bits per heavy atom. The van der Waals surface area contributed by atoms with Crippen LogP contribution in [0.4, 0.5) is 9.18 Å². The number of benzene rings is 2. The first-order valence-electron chi connectivity index (χ1n) is 7.01. The summed E-state index contributed by atoms with van der Waals surface area (Å²) in [5.41, 5.74) is 7.17. The van der Waals surface area contributed by atoms with Gasteiger partial charge in [-0.25, -0.2) is 9.18 Å². The van der Waals surface area contributed by atoms with Gasteiger partial charge in [0.05, 0.1) is 6.04 Å². The van der Waals surface area contributed by atoms with Crippen LogP contribution < -0.4 is 11.1 Å². The topological polar surface area (TPSA) is 83.5 Å². The predicted molar refractivity (Wildman–Crippen MR) is 81.8 cm³/mol. The lowest BCUT2D eigenvalue weighted by Crippen LogP contribution is -2.40. The van der Waals surface area contributed by atoms with Crippen molar-refractivity contribution in [2.24, 2.45) is 5.73 Å². The molecule has 0 aliphatic heterocycles. The maximum Gasteiger partial charge on any atom is 0.437 e. The van der Waals surface area contributed by atoms with E-state index < -0.39 is 18.0 Å². The third kappa shape index (κ3) is 5.52. The Kier molecular flexibility index (Phi) is 5.82. The van der Waals surface area contributed by atoms with E-state index in [2.05, 4.69) is 5.32 Å². The SMILES string of the molecule is N[C@@H](Cc1ccc(F)cc1)C(=O)[N]C(=O)OCc1ccccc1.